The van der Waals surface area contributed by atoms with Crippen LogP contribution < -0.4 is 0 Å². The molecule has 1 amide bonds. The van der Waals surface area contributed by atoms with E-state index in [1.165, 1.54) is 12.0 Å². The van der Waals surface area contributed by atoms with Gasteiger partial charge in [0, 0.05) is 33.5 Å². The van der Waals surface area contributed by atoms with Gasteiger partial charge in [0.15, 0.2) is 0 Å². The highest BCUT2D eigenvalue weighted by molar-refractivity contribution is 5.75. The van der Waals surface area contributed by atoms with Crippen LogP contribution in [0.3, 0.4) is 0 Å². The van der Waals surface area contributed by atoms with Crippen LogP contribution in [0.15, 0.2) is 0 Å². The van der Waals surface area contributed by atoms with Crippen molar-refractivity contribution in [1.82, 2.24) is 4.90 Å². The average Bonchev–Trinajstić information content (AvgIpc) is 2.23. The quantitative estimate of drug-likeness (QED) is 0.564. The third kappa shape index (κ3) is 8.65. The molecule has 0 aliphatic rings. The molecule has 1 unspecified atom stereocenters. The summed E-state index contributed by atoms with van der Waals surface area (Å²) in [7, 11) is 3.09. The number of hydrogen-bond donors (Lipinski definition) is 2. The standard InChI is InChI=1S/C11H21NO5/c1-12(7-9(13)8-17-2)10(14)5-3-4-6-11(15)16/h9,13H,3-8H2,1-2H3,(H,15,16). The lowest BCUT2D eigenvalue weighted by Gasteiger charge is -2.20. The molecular formula is C11H21NO5. The van der Waals surface area contributed by atoms with E-state index in [4.69, 9.17) is 9.84 Å². The van der Waals surface area contributed by atoms with Crippen LogP contribution in [0, 0.1) is 0 Å². The van der Waals surface area contributed by atoms with E-state index < -0.39 is 12.1 Å². The van der Waals surface area contributed by atoms with Crippen LogP contribution in [0.4, 0.5) is 0 Å². The van der Waals surface area contributed by atoms with Crippen molar-refractivity contribution in [2.45, 2.75) is 31.8 Å². The molecule has 0 aromatic heterocycles. The lowest BCUT2D eigenvalue weighted by molar-refractivity contribution is -0.137. The Morgan fingerprint density at radius 2 is 1.88 bits per heavy atom. The summed E-state index contributed by atoms with van der Waals surface area (Å²) in [5.74, 6) is -0.938. The Morgan fingerprint density at radius 3 is 2.41 bits per heavy atom. The number of carbonyl (C=O) groups excluding carboxylic acids is 1. The Hall–Kier alpha value is -1.14. The number of hydrogen-bond acceptors (Lipinski definition) is 4. The second-order valence-electron chi connectivity index (χ2n) is 3.98. The maximum absolute atomic E-state index is 11.6. The molecule has 100 valence electrons. The van der Waals surface area contributed by atoms with E-state index >= 15 is 0 Å². The molecule has 0 aliphatic heterocycles. The monoisotopic (exact) mass is 247 g/mol. The molecule has 0 bridgehead atoms. The fourth-order valence-electron chi connectivity index (χ4n) is 1.41. The fraction of sp³-hybridized carbons (Fsp3) is 0.818. The summed E-state index contributed by atoms with van der Waals surface area (Å²) in [5, 5.41) is 17.8. The summed E-state index contributed by atoms with van der Waals surface area (Å²) in [6, 6.07) is 0. The average molecular weight is 247 g/mol. The molecule has 6 nitrogen and oxygen atoms in total. The Balaban J connectivity index is 3.70. The number of aliphatic hydroxyl groups is 1. The molecule has 0 aliphatic carbocycles. The maximum Gasteiger partial charge on any atom is 0.303 e. The van der Waals surface area contributed by atoms with Crippen LogP contribution >= 0.6 is 0 Å². The molecule has 1 atom stereocenters. The summed E-state index contributed by atoms with van der Waals surface area (Å²) in [5.41, 5.74) is 0. The number of nitrogens with zero attached hydrogens (tertiary/aromatic N) is 1. The molecule has 0 rings (SSSR count). The number of rotatable bonds is 9. The number of carbonyl (C=O) groups is 2. The summed E-state index contributed by atoms with van der Waals surface area (Å²) < 4.78 is 4.76. The normalized spacial score (nSPS) is 12.2. The molecule has 0 spiro atoms. The minimum atomic E-state index is -0.846. The van der Waals surface area contributed by atoms with Gasteiger partial charge in [0.25, 0.3) is 0 Å². The zero-order valence-electron chi connectivity index (χ0n) is 10.4. The van der Waals surface area contributed by atoms with Gasteiger partial charge in [-0.2, -0.15) is 0 Å². The third-order valence-corrected chi connectivity index (χ3v) is 2.30. The molecule has 0 radical (unpaired) electrons. The van der Waals surface area contributed by atoms with E-state index in [0.717, 1.165) is 0 Å². The van der Waals surface area contributed by atoms with Crippen LogP contribution in [-0.4, -0.2) is 60.4 Å². The van der Waals surface area contributed by atoms with Crippen LogP contribution in [0.25, 0.3) is 0 Å². The van der Waals surface area contributed by atoms with Gasteiger partial charge in [-0.1, -0.05) is 0 Å². The first-order valence-corrected chi connectivity index (χ1v) is 5.60. The molecule has 0 saturated carbocycles. The smallest absolute Gasteiger partial charge is 0.303 e. The van der Waals surface area contributed by atoms with Gasteiger partial charge in [-0.15, -0.1) is 0 Å². The zero-order valence-corrected chi connectivity index (χ0v) is 10.4. The molecule has 2 N–H and O–H groups in total. The van der Waals surface area contributed by atoms with E-state index in [1.807, 2.05) is 0 Å². The Labute approximate surface area is 101 Å². The second kappa shape index (κ2) is 8.95. The molecule has 0 aromatic rings. The van der Waals surface area contributed by atoms with Gasteiger partial charge < -0.3 is 19.8 Å². The minimum absolute atomic E-state index is 0.0866. The van der Waals surface area contributed by atoms with E-state index in [-0.39, 0.29) is 25.5 Å². The van der Waals surface area contributed by atoms with E-state index in [9.17, 15) is 14.7 Å². The number of carboxylic acid groups (broad SMARTS) is 1. The Bertz CT molecular complexity index is 244. The van der Waals surface area contributed by atoms with Gasteiger partial charge in [-0.05, 0) is 12.8 Å². The topological polar surface area (TPSA) is 87.1 Å². The molecule has 0 fully saturated rings. The first kappa shape index (κ1) is 15.9. The highest BCUT2D eigenvalue weighted by atomic mass is 16.5. The SMILES string of the molecule is COCC(O)CN(C)C(=O)CCCCC(=O)O. The van der Waals surface area contributed by atoms with Crippen molar-refractivity contribution in [3.63, 3.8) is 0 Å². The first-order valence-electron chi connectivity index (χ1n) is 5.60. The van der Waals surface area contributed by atoms with E-state index in [0.29, 0.717) is 19.3 Å². The third-order valence-electron chi connectivity index (χ3n) is 2.30. The van der Waals surface area contributed by atoms with Gasteiger partial charge in [-0.25, -0.2) is 0 Å². The molecule has 0 saturated heterocycles. The van der Waals surface area contributed by atoms with Crippen molar-refractivity contribution in [1.29, 1.82) is 0 Å². The van der Waals surface area contributed by atoms with Crippen molar-refractivity contribution in [2.75, 3.05) is 27.3 Å². The highest BCUT2D eigenvalue weighted by Gasteiger charge is 2.13. The van der Waals surface area contributed by atoms with Crippen molar-refractivity contribution >= 4 is 11.9 Å². The van der Waals surface area contributed by atoms with Crippen LogP contribution in [-0.2, 0) is 14.3 Å². The summed E-state index contributed by atoms with van der Waals surface area (Å²) in [4.78, 5) is 23.2. The van der Waals surface area contributed by atoms with Crippen molar-refractivity contribution in [3.8, 4) is 0 Å². The van der Waals surface area contributed by atoms with Crippen molar-refractivity contribution < 1.29 is 24.5 Å². The Kier molecular flexibility index (Phi) is 8.35. The maximum atomic E-state index is 11.6. The van der Waals surface area contributed by atoms with Crippen LogP contribution in [0.2, 0.25) is 0 Å². The molecular weight excluding hydrogens is 226 g/mol. The summed E-state index contributed by atoms with van der Waals surface area (Å²) in [6.45, 7) is 0.419. The fourth-order valence-corrected chi connectivity index (χ4v) is 1.41. The van der Waals surface area contributed by atoms with Crippen molar-refractivity contribution in [2.24, 2.45) is 0 Å². The lowest BCUT2D eigenvalue weighted by Crippen LogP contribution is -2.36. The largest absolute Gasteiger partial charge is 0.481 e. The van der Waals surface area contributed by atoms with Crippen LogP contribution in [0.5, 0.6) is 0 Å². The minimum Gasteiger partial charge on any atom is -0.481 e. The number of aliphatic hydroxyl groups excluding tert-OH is 1. The van der Waals surface area contributed by atoms with E-state index in [2.05, 4.69) is 0 Å². The van der Waals surface area contributed by atoms with E-state index in [1.54, 1.807) is 7.05 Å². The number of carboxylic acids is 1. The number of unbranched alkanes of at least 4 members (excludes halogenated alkanes) is 1. The first-order chi connectivity index (χ1) is 7.97. The predicted molar refractivity (Wildman–Crippen MR) is 61.6 cm³/mol. The van der Waals surface area contributed by atoms with Gasteiger partial charge in [-0.3, -0.25) is 9.59 Å². The second-order valence-corrected chi connectivity index (χ2v) is 3.98. The molecule has 0 heterocycles. The van der Waals surface area contributed by atoms with Crippen LogP contribution in [0.1, 0.15) is 25.7 Å². The van der Waals surface area contributed by atoms with Gasteiger partial charge in [0.1, 0.15) is 0 Å². The number of ether oxygens (including phenoxy) is 1. The predicted octanol–water partition coefficient (Wildman–Crippen LogP) is 0.0971. The lowest BCUT2D eigenvalue weighted by atomic mass is 10.2. The molecule has 6 heteroatoms. The van der Waals surface area contributed by atoms with Gasteiger partial charge in [0.2, 0.25) is 5.91 Å². The molecule has 17 heavy (non-hydrogen) atoms. The Morgan fingerprint density at radius 1 is 1.29 bits per heavy atom. The zero-order chi connectivity index (χ0) is 13.3. The van der Waals surface area contributed by atoms with Gasteiger partial charge >= 0.3 is 5.97 Å². The van der Waals surface area contributed by atoms with Crippen molar-refractivity contribution in [3.05, 3.63) is 0 Å². The summed E-state index contributed by atoms with van der Waals surface area (Å²) in [6.07, 6.45) is 0.756. The summed E-state index contributed by atoms with van der Waals surface area (Å²) >= 11 is 0. The number of amides is 1. The van der Waals surface area contributed by atoms with Gasteiger partial charge in [0.05, 0.1) is 12.7 Å². The number of aliphatic carboxylic acids is 1. The highest BCUT2D eigenvalue weighted by Crippen LogP contribution is 2.03. The number of methoxy groups -OCH3 is 1. The molecule has 0 aromatic carbocycles. The number of likely N-dealkylation sites (N-methyl/N-ethyl adjacent to an activating group) is 1.